The maximum Gasteiger partial charge on any atom is 0.0450 e. The van der Waals surface area contributed by atoms with Crippen LogP contribution in [0.4, 0.5) is 0 Å². The smallest absolute Gasteiger partial charge is 0.0450 e. The minimum absolute atomic E-state index is 0.589. The van der Waals surface area contributed by atoms with E-state index >= 15 is 0 Å². The molecule has 1 saturated heterocycles. The number of hydrogen-bond donors (Lipinski definition) is 1. The van der Waals surface area contributed by atoms with E-state index in [0.717, 1.165) is 37.7 Å². The lowest BCUT2D eigenvalue weighted by Gasteiger charge is -2.37. The van der Waals surface area contributed by atoms with E-state index in [2.05, 4.69) is 35.3 Å². The molecule has 0 radical (unpaired) electrons. The van der Waals surface area contributed by atoms with Gasteiger partial charge in [-0.3, -0.25) is 4.90 Å². The van der Waals surface area contributed by atoms with Crippen molar-refractivity contribution in [2.75, 3.05) is 40.3 Å². The first-order valence-corrected chi connectivity index (χ1v) is 6.87. The summed E-state index contributed by atoms with van der Waals surface area (Å²) in [4.78, 5) is 4.82. The van der Waals surface area contributed by atoms with E-state index < -0.39 is 0 Å². The average Bonchev–Trinajstić information content (AvgIpc) is 2.36. The molecule has 1 fully saturated rings. The molecule has 0 bridgehead atoms. The van der Waals surface area contributed by atoms with E-state index in [9.17, 15) is 0 Å². The molecule has 0 amide bonds. The van der Waals surface area contributed by atoms with Crippen LogP contribution in [0.5, 0.6) is 0 Å². The molecule has 1 aromatic carbocycles. The predicted molar refractivity (Wildman–Crippen MR) is 77.1 cm³/mol. The second kappa shape index (κ2) is 6.53. The summed E-state index contributed by atoms with van der Waals surface area (Å²) in [7, 11) is 4.39. The maximum atomic E-state index is 6.14. The van der Waals surface area contributed by atoms with Crippen molar-refractivity contribution in [3.05, 3.63) is 34.9 Å². The summed E-state index contributed by atoms with van der Waals surface area (Å²) in [6.07, 6.45) is 0. The molecule has 1 unspecified atom stereocenters. The lowest BCUT2D eigenvalue weighted by molar-refractivity contribution is 0.113. The molecule has 1 heterocycles. The minimum atomic E-state index is 0.589. The fraction of sp³-hybridized carbons (Fsp3) is 0.571. The zero-order valence-corrected chi connectivity index (χ0v) is 12.0. The number of nitrogens with zero attached hydrogens (tertiary/aromatic N) is 2. The topological polar surface area (TPSA) is 18.5 Å². The Morgan fingerprint density at radius 3 is 2.83 bits per heavy atom. The molecule has 1 aromatic rings. The van der Waals surface area contributed by atoms with Crippen LogP contribution in [0.25, 0.3) is 0 Å². The van der Waals surface area contributed by atoms with Crippen LogP contribution in [0.15, 0.2) is 24.3 Å². The summed E-state index contributed by atoms with van der Waals surface area (Å²) in [6.45, 7) is 5.29. The highest BCUT2D eigenvalue weighted by atomic mass is 35.5. The summed E-state index contributed by atoms with van der Waals surface area (Å²) >= 11 is 6.14. The molecular formula is C14H22ClN3. The number of nitrogens with one attached hydrogen (secondary N) is 1. The van der Waals surface area contributed by atoms with Gasteiger partial charge >= 0.3 is 0 Å². The minimum Gasteiger partial charge on any atom is -0.311 e. The van der Waals surface area contributed by atoms with Gasteiger partial charge in [0.25, 0.3) is 0 Å². The molecule has 0 spiro atoms. The van der Waals surface area contributed by atoms with Crippen molar-refractivity contribution in [3.8, 4) is 0 Å². The molecule has 18 heavy (non-hydrogen) atoms. The highest BCUT2D eigenvalue weighted by molar-refractivity contribution is 6.31. The van der Waals surface area contributed by atoms with Crippen molar-refractivity contribution in [3.63, 3.8) is 0 Å². The van der Waals surface area contributed by atoms with Crippen LogP contribution < -0.4 is 5.32 Å². The van der Waals surface area contributed by atoms with Gasteiger partial charge in [-0.05, 0) is 25.7 Å². The predicted octanol–water partition coefficient (Wildman–Crippen LogP) is 1.68. The van der Waals surface area contributed by atoms with Gasteiger partial charge in [0.1, 0.15) is 0 Å². The standard InChI is InChI=1S/C14H22ClN3/c1-17-7-8-18(2)13(11-17)10-16-9-12-5-3-4-6-14(12)15/h3-6,13,16H,7-11H2,1-2H3. The number of hydrogen-bond acceptors (Lipinski definition) is 3. The van der Waals surface area contributed by atoms with Crippen LogP contribution in [0, 0.1) is 0 Å². The Bertz CT molecular complexity index is 383. The molecule has 1 aliphatic rings. The molecule has 3 nitrogen and oxygen atoms in total. The van der Waals surface area contributed by atoms with Crippen LogP contribution in [-0.2, 0) is 6.54 Å². The van der Waals surface area contributed by atoms with Gasteiger partial charge in [-0.2, -0.15) is 0 Å². The first-order chi connectivity index (χ1) is 8.66. The lowest BCUT2D eigenvalue weighted by atomic mass is 10.1. The highest BCUT2D eigenvalue weighted by Gasteiger charge is 2.21. The van der Waals surface area contributed by atoms with Crippen molar-refractivity contribution < 1.29 is 0 Å². The Kier molecular flexibility index (Phi) is 5.01. The van der Waals surface area contributed by atoms with Crippen LogP contribution in [-0.4, -0.2) is 56.1 Å². The van der Waals surface area contributed by atoms with Gasteiger partial charge < -0.3 is 10.2 Å². The summed E-state index contributed by atoms with van der Waals surface area (Å²) in [5.41, 5.74) is 1.17. The van der Waals surface area contributed by atoms with E-state index in [1.54, 1.807) is 0 Å². The number of likely N-dealkylation sites (N-methyl/N-ethyl adjacent to an activating group) is 2. The Morgan fingerprint density at radius 1 is 1.28 bits per heavy atom. The van der Waals surface area contributed by atoms with Gasteiger partial charge in [-0.15, -0.1) is 0 Å². The Hall–Kier alpha value is -0.610. The molecule has 1 atom stereocenters. The number of halogens is 1. The first kappa shape index (κ1) is 13.8. The van der Waals surface area contributed by atoms with Gasteiger partial charge in [0.2, 0.25) is 0 Å². The largest absolute Gasteiger partial charge is 0.311 e. The van der Waals surface area contributed by atoms with Crippen LogP contribution in [0.2, 0.25) is 5.02 Å². The van der Waals surface area contributed by atoms with Gasteiger partial charge in [-0.1, -0.05) is 29.8 Å². The van der Waals surface area contributed by atoms with Crippen molar-refractivity contribution in [1.29, 1.82) is 0 Å². The number of rotatable bonds is 4. The van der Waals surface area contributed by atoms with E-state index in [-0.39, 0.29) is 0 Å². The fourth-order valence-electron chi connectivity index (χ4n) is 2.34. The number of piperazine rings is 1. The zero-order chi connectivity index (χ0) is 13.0. The van der Waals surface area contributed by atoms with E-state index in [1.807, 2.05) is 18.2 Å². The van der Waals surface area contributed by atoms with Crippen LogP contribution in [0.1, 0.15) is 5.56 Å². The molecule has 0 aliphatic carbocycles. The third-order valence-electron chi connectivity index (χ3n) is 3.63. The molecule has 100 valence electrons. The Morgan fingerprint density at radius 2 is 2.06 bits per heavy atom. The zero-order valence-electron chi connectivity index (χ0n) is 11.2. The van der Waals surface area contributed by atoms with E-state index in [1.165, 1.54) is 5.56 Å². The first-order valence-electron chi connectivity index (χ1n) is 6.49. The van der Waals surface area contributed by atoms with Crippen molar-refractivity contribution in [2.45, 2.75) is 12.6 Å². The monoisotopic (exact) mass is 267 g/mol. The fourth-order valence-corrected chi connectivity index (χ4v) is 2.54. The highest BCUT2D eigenvalue weighted by Crippen LogP contribution is 2.14. The Balaban J connectivity index is 1.79. The van der Waals surface area contributed by atoms with Gasteiger partial charge in [0, 0.05) is 43.8 Å². The molecule has 4 heteroatoms. The normalized spacial score (nSPS) is 22.3. The van der Waals surface area contributed by atoms with Crippen LogP contribution in [0.3, 0.4) is 0 Å². The van der Waals surface area contributed by atoms with E-state index in [4.69, 9.17) is 11.6 Å². The number of benzene rings is 1. The van der Waals surface area contributed by atoms with Gasteiger partial charge in [0.15, 0.2) is 0 Å². The quantitative estimate of drug-likeness (QED) is 0.896. The van der Waals surface area contributed by atoms with Crippen LogP contribution >= 0.6 is 11.6 Å². The molecule has 2 rings (SSSR count). The third kappa shape index (κ3) is 3.69. The lowest BCUT2D eigenvalue weighted by Crippen LogP contribution is -2.53. The second-order valence-corrected chi connectivity index (χ2v) is 5.53. The third-order valence-corrected chi connectivity index (χ3v) is 4.00. The molecule has 1 N–H and O–H groups in total. The summed E-state index contributed by atoms with van der Waals surface area (Å²) in [6, 6.07) is 8.61. The van der Waals surface area contributed by atoms with E-state index in [0.29, 0.717) is 6.04 Å². The van der Waals surface area contributed by atoms with Gasteiger partial charge in [-0.25, -0.2) is 0 Å². The molecule has 0 aromatic heterocycles. The summed E-state index contributed by atoms with van der Waals surface area (Å²) in [5, 5.41) is 4.36. The molecule has 1 aliphatic heterocycles. The second-order valence-electron chi connectivity index (χ2n) is 5.12. The van der Waals surface area contributed by atoms with Crippen molar-refractivity contribution in [1.82, 2.24) is 15.1 Å². The molecule has 0 saturated carbocycles. The van der Waals surface area contributed by atoms with Gasteiger partial charge in [0.05, 0.1) is 0 Å². The van der Waals surface area contributed by atoms with Crippen molar-refractivity contribution >= 4 is 11.6 Å². The maximum absolute atomic E-state index is 6.14. The van der Waals surface area contributed by atoms with Crippen molar-refractivity contribution in [2.24, 2.45) is 0 Å². The SMILES string of the molecule is CN1CCN(C)C(CNCc2ccccc2Cl)C1. The summed E-state index contributed by atoms with van der Waals surface area (Å²) in [5.74, 6) is 0. The Labute approximate surface area is 115 Å². The molecular weight excluding hydrogens is 246 g/mol. The average molecular weight is 268 g/mol. The summed E-state index contributed by atoms with van der Waals surface area (Å²) < 4.78 is 0.